The molecule has 1 aliphatic heterocycles. The first-order valence-corrected chi connectivity index (χ1v) is 9.39. The Morgan fingerprint density at radius 3 is 2.75 bits per heavy atom. The number of fused-ring (bicyclic) bond motifs is 4. The van der Waals surface area contributed by atoms with Crippen LogP contribution >= 0.6 is 0 Å². The van der Waals surface area contributed by atoms with E-state index in [1.165, 1.54) is 0 Å². The predicted octanol–water partition coefficient (Wildman–Crippen LogP) is 2.98. The van der Waals surface area contributed by atoms with Crippen molar-refractivity contribution in [1.82, 2.24) is 4.98 Å². The van der Waals surface area contributed by atoms with Gasteiger partial charge in [-0.05, 0) is 31.5 Å². The summed E-state index contributed by atoms with van der Waals surface area (Å²) in [6.45, 7) is 5.20. The number of nitrogens with zero attached hydrogens (tertiary/aromatic N) is 2. The summed E-state index contributed by atoms with van der Waals surface area (Å²) < 4.78 is 6.21. The van der Waals surface area contributed by atoms with Crippen LogP contribution in [0.2, 0.25) is 0 Å². The number of quaternary nitrogens is 1. The number of carboxylic acid groups (broad SMARTS) is 1. The zero-order valence-corrected chi connectivity index (χ0v) is 15.9. The highest BCUT2D eigenvalue weighted by molar-refractivity contribution is 6.08. The maximum atomic E-state index is 10.9. The highest BCUT2D eigenvalue weighted by Crippen LogP contribution is 2.32. The molecule has 2 aromatic rings. The Kier molecular flexibility index (Phi) is 4.79. The van der Waals surface area contributed by atoms with Crippen molar-refractivity contribution in [3.8, 4) is 11.5 Å². The first-order valence-electron chi connectivity index (χ1n) is 9.39. The number of hydrogen-bond acceptors (Lipinski definition) is 4. The van der Waals surface area contributed by atoms with E-state index in [9.17, 15) is 4.79 Å². The Morgan fingerprint density at radius 2 is 2.00 bits per heavy atom. The largest absolute Gasteiger partial charge is 0.481 e. The average molecular weight is 376 g/mol. The summed E-state index contributed by atoms with van der Waals surface area (Å²) in [4.78, 5) is 20.3. The molecular formula is C22H22N3O3+. The van der Waals surface area contributed by atoms with Gasteiger partial charge >= 0.3 is 5.97 Å². The van der Waals surface area contributed by atoms with Gasteiger partial charge in [-0.2, -0.15) is 0 Å². The SMILES string of the molecule is CCN=c1cc2oc3cc([NH2+]CCC(=O)O)c4ccccc4c3nc-2cc1C. The molecular weight excluding hydrogens is 354 g/mol. The van der Waals surface area contributed by atoms with Crippen LogP contribution in [0.3, 0.4) is 0 Å². The standard InChI is InChI=1S/C22H21N3O3/c1-3-23-16-11-19-18(10-13(16)2)25-22-15-7-5-4-6-14(15)17(12-20(22)28-19)24-9-8-21(26)27/h4-7,10-12,24H,3,8-9H2,1-2H3,(H,26,27)/p+1. The van der Waals surface area contributed by atoms with Gasteiger partial charge < -0.3 is 14.8 Å². The lowest BCUT2D eigenvalue weighted by Gasteiger charge is -2.11. The van der Waals surface area contributed by atoms with E-state index >= 15 is 0 Å². The number of aryl methyl sites for hydroxylation is 1. The monoisotopic (exact) mass is 376 g/mol. The van der Waals surface area contributed by atoms with Crippen molar-refractivity contribution in [2.75, 3.05) is 13.1 Å². The van der Waals surface area contributed by atoms with Gasteiger partial charge in [0.25, 0.3) is 0 Å². The predicted molar refractivity (Wildman–Crippen MR) is 108 cm³/mol. The number of benzene rings is 3. The van der Waals surface area contributed by atoms with Gasteiger partial charge in [0.2, 0.25) is 0 Å². The maximum absolute atomic E-state index is 10.9. The van der Waals surface area contributed by atoms with Gasteiger partial charge in [0, 0.05) is 29.4 Å². The fourth-order valence-electron chi connectivity index (χ4n) is 3.49. The number of rotatable bonds is 5. The molecule has 28 heavy (non-hydrogen) atoms. The molecule has 4 rings (SSSR count). The quantitative estimate of drug-likeness (QED) is 0.318. The van der Waals surface area contributed by atoms with Crippen LogP contribution in [0.1, 0.15) is 18.9 Å². The van der Waals surface area contributed by atoms with Crippen molar-refractivity contribution < 1.29 is 19.6 Å². The lowest BCUT2D eigenvalue weighted by molar-refractivity contribution is -0.568. The van der Waals surface area contributed by atoms with Crippen LogP contribution in [0.15, 0.2) is 51.9 Å². The number of hydrogen-bond donors (Lipinski definition) is 2. The summed E-state index contributed by atoms with van der Waals surface area (Å²) in [6.07, 6.45) is 0.0979. The lowest BCUT2D eigenvalue weighted by atomic mass is 10.1. The van der Waals surface area contributed by atoms with E-state index in [0.717, 1.165) is 38.6 Å². The van der Waals surface area contributed by atoms with Crippen LogP contribution in [-0.2, 0) is 4.79 Å². The van der Waals surface area contributed by atoms with Gasteiger partial charge in [0.05, 0.1) is 18.3 Å². The number of carboxylic acids is 1. The van der Waals surface area contributed by atoms with Crippen LogP contribution in [0.4, 0.5) is 5.69 Å². The van der Waals surface area contributed by atoms with Crippen LogP contribution in [0, 0.1) is 6.92 Å². The molecule has 6 nitrogen and oxygen atoms in total. The molecule has 2 aliphatic rings. The van der Waals surface area contributed by atoms with E-state index in [1.54, 1.807) is 0 Å². The van der Waals surface area contributed by atoms with E-state index in [0.29, 0.717) is 24.4 Å². The van der Waals surface area contributed by atoms with Gasteiger partial charge in [-0.15, -0.1) is 0 Å². The van der Waals surface area contributed by atoms with E-state index in [2.05, 4.69) is 4.99 Å². The molecule has 2 aromatic carbocycles. The van der Waals surface area contributed by atoms with Crippen molar-refractivity contribution in [3.05, 3.63) is 53.4 Å². The van der Waals surface area contributed by atoms with Crippen LogP contribution in [0.5, 0.6) is 0 Å². The number of nitrogens with two attached hydrogens (primary N) is 1. The van der Waals surface area contributed by atoms with Gasteiger partial charge in [-0.3, -0.25) is 9.79 Å². The van der Waals surface area contributed by atoms with Crippen LogP contribution < -0.4 is 10.7 Å². The summed E-state index contributed by atoms with van der Waals surface area (Å²) in [7, 11) is 0. The summed E-state index contributed by atoms with van der Waals surface area (Å²) in [6, 6.07) is 13.9. The topological polar surface area (TPSA) is 92.3 Å². The third-order valence-corrected chi connectivity index (χ3v) is 4.79. The Morgan fingerprint density at radius 1 is 1.21 bits per heavy atom. The molecule has 3 N–H and O–H groups in total. The second-order valence-electron chi connectivity index (χ2n) is 6.79. The molecule has 0 unspecified atom stereocenters. The number of aromatic nitrogens is 1. The van der Waals surface area contributed by atoms with Gasteiger partial charge in [-0.1, -0.05) is 18.2 Å². The number of carbonyl (C=O) groups is 1. The Hall–Kier alpha value is -3.25. The van der Waals surface area contributed by atoms with Crippen molar-refractivity contribution in [1.29, 1.82) is 0 Å². The molecule has 0 bridgehead atoms. The Bertz CT molecular complexity index is 1230. The maximum Gasteiger partial charge on any atom is 0.309 e. The van der Waals surface area contributed by atoms with Crippen molar-refractivity contribution in [2.24, 2.45) is 4.99 Å². The molecule has 0 aromatic heterocycles. The first kappa shape index (κ1) is 18.1. The zero-order chi connectivity index (χ0) is 19.7. The minimum atomic E-state index is -0.804. The second-order valence-corrected chi connectivity index (χ2v) is 6.79. The molecule has 1 aliphatic carbocycles. The minimum absolute atomic E-state index is 0.0979. The summed E-state index contributed by atoms with van der Waals surface area (Å²) in [5.41, 5.74) is 4.31. The van der Waals surface area contributed by atoms with E-state index in [1.807, 2.05) is 61.6 Å². The van der Waals surface area contributed by atoms with Crippen molar-refractivity contribution in [3.63, 3.8) is 0 Å². The second kappa shape index (κ2) is 7.40. The summed E-state index contributed by atoms with van der Waals surface area (Å²) >= 11 is 0. The highest BCUT2D eigenvalue weighted by atomic mass is 16.4. The van der Waals surface area contributed by atoms with E-state index in [-0.39, 0.29) is 6.42 Å². The molecule has 0 radical (unpaired) electrons. The minimum Gasteiger partial charge on any atom is -0.481 e. The molecule has 142 valence electrons. The molecule has 6 heteroatoms. The van der Waals surface area contributed by atoms with Crippen LogP contribution in [0.25, 0.3) is 33.3 Å². The van der Waals surface area contributed by atoms with Crippen LogP contribution in [-0.4, -0.2) is 29.1 Å². The van der Waals surface area contributed by atoms with E-state index < -0.39 is 5.97 Å². The molecule has 0 fully saturated rings. The van der Waals surface area contributed by atoms with Crippen molar-refractivity contribution in [2.45, 2.75) is 20.3 Å². The number of aliphatic carboxylic acids is 1. The molecule has 0 amide bonds. The normalized spacial score (nSPS) is 12.3. The van der Waals surface area contributed by atoms with Gasteiger partial charge in [0.1, 0.15) is 16.9 Å². The molecule has 0 saturated heterocycles. The van der Waals surface area contributed by atoms with Gasteiger partial charge in [0.15, 0.2) is 11.3 Å². The fourth-order valence-corrected chi connectivity index (χ4v) is 3.49. The third-order valence-electron chi connectivity index (χ3n) is 4.79. The molecule has 0 saturated carbocycles. The van der Waals surface area contributed by atoms with Gasteiger partial charge in [-0.25, -0.2) is 4.98 Å². The fraction of sp³-hybridized carbons (Fsp3) is 0.227. The molecule has 0 atom stereocenters. The zero-order valence-electron chi connectivity index (χ0n) is 15.9. The Balaban J connectivity index is 1.95. The smallest absolute Gasteiger partial charge is 0.309 e. The summed E-state index contributed by atoms with van der Waals surface area (Å²) in [5, 5.41) is 13.8. The lowest BCUT2D eigenvalue weighted by Crippen LogP contribution is -2.78. The molecule has 1 heterocycles. The van der Waals surface area contributed by atoms with Crippen molar-refractivity contribution >= 4 is 33.5 Å². The van der Waals surface area contributed by atoms with E-state index in [4.69, 9.17) is 14.5 Å². The third kappa shape index (κ3) is 3.34. The average Bonchev–Trinajstić information content (AvgIpc) is 2.67. The summed E-state index contributed by atoms with van der Waals surface area (Å²) in [5.74, 6) is -0.113. The first-order chi connectivity index (χ1) is 13.6. The Labute approximate surface area is 161 Å². The molecule has 0 spiro atoms. The highest BCUT2D eigenvalue weighted by Gasteiger charge is 2.16.